The Kier molecular flexibility index (Phi) is 5.77. The van der Waals surface area contributed by atoms with E-state index in [1.54, 1.807) is 7.05 Å². The molecule has 1 rings (SSSR count). The van der Waals surface area contributed by atoms with E-state index in [1.807, 2.05) is 0 Å². The predicted molar refractivity (Wildman–Crippen MR) is 66.1 cm³/mol. The number of carbonyl (C=O) groups is 1. The van der Waals surface area contributed by atoms with Crippen molar-refractivity contribution < 1.29 is 4.79 Å². The molecular formula is C12H25N3O. The summed E-state index contributed by atoms with van der Waals surface area (Å²) in [6, 6.07) is -0.180. The van der Waals surface area contributed by atoms with Gasteiger partial charge in [0.2, 0.25) is 5.91 Å². The lowest BCUT2D eigenvalue weighted by Gasteiger charge is -2.22. The van der Waals surface area contributed by atoms with Crippen LogP contribution in [0.25, 0.3) is 0 Å². The first-order chi connectivity index (χ1) is 7.63. The second-order valence-corrected chi connectivity index (χ2v) is 4.91. The van der Waals surface area contributed by atoms with Gasteiger partial charge in [-0.2, -0.15) is 0 Å². The van der Waals surface area contributed by atoms with Crippen molar-refractivity contribution in [2.45, 2.75) is 38.6 Å². The number of hydrogen-bond acceptors (Lipinski definition) is 3. The van der Waals surface area contributed by atoms with Crippen molar-refractivity contribution in [1.29, 1.82) is 0 Å². The summed E-state index contributed by atoms with van der Waals surface area (Å²) in [5.41, 5.74) is 5.30. The zero-order valence-corrected chi connectivity index (χ0v) is 10.5. The molecule has 0 aromatic carbocycles. The second kappa shape index (κ2) is 6.86. The SMILES string of the molecule is CNC(CCN1CCCC(C)CC1)C(N)=O. The lowest BCUT2D eigenvalue weighted by molar-refractivity contribution is -0.120. The molecule has 0 aromatic rings. The van der Waals surface area contributed by atoms with Gasteiger partial charge in [0, 0.05) is 6.54 Å². The van der Waals surface area contributed by atoms with E-state index in [9.17, 15) is 4.79 Å². The molecule has 4 nitrogen and oxygen atoms in total. The van der Waals surface area contributed by atoms with Crippen LogP contribution in [0.2, 0.25) is 0 Å². The van der Waals surface area contributed by atoms with Gasteiger partial charge in [-0.05, 0) is 51.7 Å². The zero-order valence-electron chi connectivity index (χ0n) is 10.5. The molecule has 1 amide bonds. The van der Waals surface area contributed by atoms with Gasteiger partial charge in [0.05, 0.1) is 6.04 Å². The summed E-state index contributed by atoms with van der Waals surface area (Å²) in [7, 11) is 1.79. The number of primary amides is 1. The monoisotopic (exact) mass is 227 g/mol. The van der Waals surface area contributed by atoms with Crippen molar-refractivity contribution in [1.82, 2.24) is 10.2 Å². The lowest BCUT2D eigenvalue weighted by Crippen LogP contribution is -2.42. The van der Waals surface area contributed by atoms with Gasteiger partial charge in [0.1, 0.15) is 0 Å². The number of nitrogens with one attached hydrogen (secondary N) is 1. The minimum atomic E-state index is -0.245. The van der Waals surface area contributed by atoms with Gasteiger partial charge >= 0.3 is 0 Å². The molecule has 0 spiro atoms. The van der Waals surface area contributed by atoms with E-state index in [2.05, 4.69) is 17.1 Å². The number of nitrogens with zero attached hydrogens (tertiary/aromatic N) is 1. The van der Waals surface area contributed by atoms with Crippen LogP contribution in [0.5, 0.6) is 0 Å². The standard InChI is InChI=1S/C12H25N3O/c1-10-4-3-7-15(8-5-10)9-6-11(14-2)12(13)16/h10-11,14H,3-9H2,1-2H3,(H2,13,16). The molecule has 4 heteroatoms. The van der Waals surface area contributed by atoms with Crippen molar-refractivity contribution in [2.24, 2.45) is 11.7 Å². The third kappa shape index (κ3) is 4.49. The maximum Gasteiger partial charge on any atom is 0.234 e. The molecule has 2 atom stereocenters. The molecule has 94 valence electrons. The van der Waals surface area contributed by atoms with E-state index >= 15 is 0 Å². The van der Waals surface area contributed by atoms with E-state index in [4.69, 9.17) is 5.73 Å². The summed E-state index contributed by atoms with van der Waals surface area (Å²) in [6.45, 7) is 5.63. The van der Waals surface area contributed by atoms with Gasteiger partial charge < -0.3 is 16.0 Å². The molecule has 16 heavy (non-hydrogen) atoms. The third-order valence-electron chi connectivity index (χ3n) is 3.54. The fraction of sp³-hybridized carbons (Fsp3) is 0.917. The predicted octanol–water partition coefficient (Wildman–Crippen LogP) is 0.572. The zero-order chi connectivity index (χ0) is 12.0. The normalized spacial score (nSPS) is 25.0. The molecule has 3 N–H and O–H groups in total. The van der Waals surface area contributed by atoms with Gasteiger partial charge in [0.25, 0.3) is 0 Å². The van der Waals surface area contributed by atoms with E-state index in [0.717, 1.165) is 25.4 Å². The molecule has 1 aliphatic rings. The fourth-order valence-electron chi connectivity index (χ4n) is 2.29. The van der Waals surface area contributed by atoms with E-state index < -0.39 is 0 Å². The highest BCUT2D eigenvalue weighted by Crippen LogP contribution is 2.16. The van der Waals surface area contributed by atoms with Crippen molar-refractivity contribution in [2.75, 3.05) is 26.7 Å². The van der Waals surface area contributed by atoms with E-state index in [0.29, 0.717) is 0 Å². The fourth-order valence-corrected chi connectivity index (χ4v) is 2.29. The van der Waals surface area contributed by atoms with Crippen molar-refractivity contribution in [3.63, 3.8) is 0 Å². The lowest BCUT2D eigenvalue weighted by atomic mass is 10.0. The highest BCUT2D eigenvalue weighted by Gasteiger charge is 2.17. The first kappa shape index (κ1) is 13.5. The summed E-state index contributed by atoms with van der Waals surface area (Å²) in [5, 5.41) is 2.96. The Labute approximate surface area is 98.6 Å². The Morgan fingerprint density at radius 3 is 2.88 bits per heavy atom. The van der Waals surface area contributed by atoms with Crippen LogP contribution in [0.4, 0.5) is 0 Å². The molecule has 0 radical (unpaired) electrons. The number of nitrogens with two attached hydrogens (primary N) is 1. The third-order valence-corrected chi connectivity index (χ3v) is 3.54. The summed E-state index contributed by atoms with van der Waals surface area (Å²) >= 11 is 0. The molecule has 0 aromatic heterocycles. The van der Waals surface area contributed by atoms with Crippen LogP contribution in [0, 0.1) is 5.92 Å². The summed E-state index contributed by atoms with van der Waals surface area (Å²) in [4.78, 5) is 13.5. The molecule has 0 aliphatic carbocycles. The van der Waals surface area contributed by atoms with Crippen LogP contribution in [0.1, 0.15) is 32.6 Å². The Hall–Kier alpha value is -0.610. The van der Waals surface area contributed by atoms with Crippen molar-refractivity contribution in [3.8, 4) is 0 Å². The van der Waals surface area contributed by atoms with Gasteiger partial charge in [-0.25, -0.2) is 0 Å². The highest BCUT2D eigenvalue weighted by molar-refractivity contribution is 5.79. The van der Waals surface area contributed by atoms with Crippen molar-refractivity contribution >= 4 is 5.91 Å². The molecule has 0 saturated carbocycles. The van der Waals surface area contributed by atoms with Crippen LogP contribution >= 0.6 is 0 Å². The highest BCUT2D eigenvalue weighted by atomic mass is 16.1. The van der Waals surface area contributed by atoms with Gasteiger partial charge in [0.15, 0.2) is 0 Å². The van der Waals surface area contributed by atoms with E-state index in [1.165, 1.54) is 25.8 Å². The molecule has 1 fully saturated rings. The van der Waals surface area contributed by atoms with Gasteiger partial charge in [-0.3, -0.25) is 4.79 Å². The minimum Gasteiger partial charge on any atom is -0.368 e. The smallest absolute Gasteiger partial charge is 0.234 e. The van der Waals surface area contributed by atoms with E-state index in [-0.39, 0.29) is 11.9 Å². The maximum absolute atomic E-state index is 11.1. The van der Waals surface area contributed by atoms with Crippen LogP contribution in [0.15, 0.2) is 0 Å². The van der Waals surface area contributed by atoms with Crippen LogP contribution in [0.3, 0.4) is 0 Å². The molecular weight excluding hydrogens is 202 g/mol. The number of hydrogen-bond donors (Lipinski definition) is 2. The number of likely N-dealkylation sites (tertiary alicyclic amines) is 1. The summed E-state index contributed by atoms with van der Waals surface area (Å²) in [6.07, 6.45) is 4.71. The van der Waals surface area contributed by atoms with Crippen LogP contribution in [-0.2, 0) is 4.79 Å². The molecule has 1 saturated heterocycles. The van der Waals surface area contributed by atoms with Crippen LogP contribution < -0.4 is 11.1 Å². The average molecular weight is 227 g/mol. The van der Waals surface area contributed by atoms with Gasteiger partial charge in [-0.1, -0.05) is 6.92 Å². The quantitative estimate of drug-likeness (QED) is 0.722. The average Bonchev–Trinajstić information content (AvgIpc) is 2.44. The van der Waals surface area contributed by atoms with Gasteiger partial charge in [-0.15, -0.1) is 0 Å². The maximum atomic E-state index is 11.1. The number of amides is 1. The Morgan fingerprint density at radius 1 is 1.50 bits per heavy atom. The topological polar surface area (TPSA) is 58.4 Å². The Morgan fingerprint density at radius 2 is 2.25 bits per heavy atom. The van der Waals surface area contributed by atoms with Crippen LogP contribution in [-0.4, -0.2) is 43.5 Å². The first-order valence-electron chi connectivity index (χ1n) is 6.32. The molecule has 1 heterocycles. The molecule has 0 bridgehead atoms. The largest absolute Gasteiger partial charge is 0.368 e. The number of carbonyl (C=O) groups excluding carboxylic acids is 1. The Balaban J connectivity index is 2.28. The molecule has 1 aliphatic heterocycles. The Bertz CT molecular complexity index is 220. The second-order valence-electron chi connectivity index (χ2n) is 4.91. The summed E-state index contributed by atoms with van der Waals surface area (Å²) in [5.74, 6) is 0.604. The van der Waals surface area contributed by atoms with Crippen molar-refractivity contribution in [3.05, 3.63) is 0 Å². The number of rotatable bonds is 5. The number of likely N-dealkylation sites (N-methyl/N-ethyl adjacent to an activating group) is 1. The summed E-state index contributed by atoms with van der Waals surface area (Å²) < 4.78 is 0. The first-order valence-corrected chi connectivity index (χ1v) is 6.32. The minimum absolute atomic E-state index is 0.180. The molecule has 2 unspecified atom stereocenters.